The summed E-state index contributed by atoms with van der Waals surface area (Å²) in [5.41, 5.74) is 0. The van der Waals surface area contributed by atoms with Crippen molar-refractivity contribution in [2.24, 2.45) is 11.8 Å². The molecule has 0 aromatic carbocycles. The summed E-state index contributed by atoms with van der Waals surface area (Å²) in [6.45, 7) is 9.20. The Bertz CT molecular complexity index is 148. The van der Waals surface area contributed by atoms with Gasteiger partial charge in [0, 0.05) is 4.83 Å². The SMILES string of the molecule is CCCC([CH]CC(CCC)CC(C)Br)CCC. The van der Waals surface area contributed by atoms with E-state index in [2.05, 4.69) is 50.0 Å². The highest BCUT2D eigenvalue weighted by atomic mass is 79.9. The van der Waals surface area contributed by atoms with Crippen molar-refractivity contribution in [3.05, 3.63) is 6.42 Å². The van der Waals surface area contributed by atoms with Crippen molar-refractivity contribution in [3.8, 4) is 0 Å². The first-order valence-electron chi connectivity index (χ1n) is 7.61. The van der Waals surface area contributed by atoms with E-state index in [-0.39, 0.29) is 0 Å². The first-order chi connectivity index (χ1) is 8.13. The average molecular weight is 304 g/mol. The topological polar surface area (TPSA) is 0 Å². The molecule has 0 aliphatic carbocycles. The van der Waals surface area contributed by atoms with Gasteiger partial charge in [0.1, 0.15) is 0 Å². The molecule has 103 valence electrons. The quantitative estimate of drug-likeness (QED) is 0.388. The Balaban J connectivity index is 3.96. The summed E-state index contributed by atoms with van der Waals surface area (Å²) in [7, 11) is 0. The van der Waals surface area contributed by atoms with Gasteiger partial charge >= 0.3 is 0 Å². The molecule has 0 aromatic rings. The Kier molecular flexibility index (Phi) is 11.9. The van der Waals surface area contributed by atoms with Gasteiger partial charge in [0.2, 0.25) is 0 Å². The zero-order valence-electron chi connectivity index (χ0n) is 12.3. The third kappa shape index (κ3) is 10.1. The van der Waals surface area contributed by atoms with Crippen LogP contribution in [0.2, 0.25) is 0 Å². The highest BCUT2D eigenvalue weighted by Crippen LogP contribution is 2.27. The molecule has 0 heterocycles. The molecule has 1 radical (unpaired) electrons. The van der Waals surface area contributed by atoms with Crippen molar-refractivity contribution >= 4 is 15.9 Å². The predicted molar refractivity (Wildman–Crippen MR) is 83.6 cm³/mol. The standard InChI is InChI=1S/C16H32Br/c1-5-8-15(9-6-2)11-12-16(10-7-3)13-14(4)17/h11,14-16H,5-10,12-13H2,1-4H3. The second kappa shape index (κ2) is 11.6. The van der Waals surface area contributed by atoms with Crippen LogP contribution in [0.25, 0.3) is 0 Å². The molecule has 0 nitrogen and oxygen atoms in total. The van der Waals surface area contributed by atoms with Crippen LogP contribution in [-0.4, -0.2) is 4.83 Å². The van der Waals surface area contributed by atoms with E-state index in [1.54, 1.807) is 0 Å². The number of halogens is 1. The van der Waals surface area contributed by atoms with Gasteiger partial charge < -0.3 is 0 Å². The molecule has 0 aliphatic heterocycles. The molecule has 0 spiro atoms. The molecular formula is C16H32Br. The second-order valence-electron chi connectivity index (χ2n) is 5.48. The van der Waals surface area contributed by atoms with Crippen LogP contribution in [0.4, 0.5) is 0 Å². The van der Waals surface area contributed by atoms with Gasteiger partial charge in [-0.1, -0.05) is 82.1 Å². The lowest BCUT2D eigenvalue weighted by molar-refractivity contribution is 0.398. The highest BCUT2D eigenvalue weighted by Gasteiger charge is 2.14. The van der Waals surface area contributed by atoms with E-state index < -0.39 is 0 Å². The monoisotopic (exact) mass is 303 g/mol. The third-order valence-corrected chi connectivity index (χ3v) is 3.85. The van der Waals surface area contributed by atoms with E-state index in [1.807, 2.05) is 0 Å². The summed E-state index contributed by atoms with van der Waals surface area (Å²) in [6, 6.07) is 0. The van der Waals surface area contributed by atoms with Crippen LogP contribution in [-0.2, 0) is 0 Å². The molecule has 0 fully saturated rings. The fourth-order valence-electron chi connectivity index (χ4n) is 2.71. The van der Waals surface area contributed by atoms with Crippen molar-refractivity contribution < 1.29 is 0 Å². The molecule has 0 rings (SSSR count). The largest absolute Gasteiger partial charge is 0.0894 e. The first-order valence-corrected chi connectivity index (χ1v) is 8.52. The lowest BCUT2D eigenvalue weighted by atomic mass is 9.86. The maximum atomic E-state index is 3.70. The number of alkyl halides is 1. The van der Waals surface area contributed by atoms with E-state index in [0.29, 0.717) is 4.83 Å². The molecule has 0 bridgehead atoms. The summed E-state index contributed by atoms with van der Waals surface area (Å²) in [4.78, 5) is 0.670. The summed E-state index contributed by atoms with van der Waals surface area (Å²) in [5, 5.41) is 0. The van der Waals surface area contributed by atoms with E-state index in [1.165, 1.54) is 51.4 Å². The maximum Gasteiger partial charge on any atom is 0.0120 e. The predicted octanol–water partition coefficient (Wildman–Crippen LogP) is 6.39. The van der Waals surface area contributed by atoms with Crippen LogP contribution < -0.4 is 0 Å². The molecule has 2 atom stereocenters. The van der Waals surface area contributed by atoms with Gasteiger partial charge in [0.05, 0.1) is 0 Å². The Labute approximate surface area is 118 Å². The summed E-state index contributed by atoms with van der Waals surface area (Å²) in [6.07, 6.45) is 13.4. The van der Waals surface area contributed by atoms with Crippen molar-refractivity contribution in [1.82, 2.24) is 0 Å². The van der Waals surface area contributed by atoms with E-state index in [0.717, 1.165) is 11.8 Å². The van der Waals surface area contributed by atoms with Gasteiger partial charge in [0.25, 0.3) is 0 Å². The first kappa shape index (κ1) is 17.5. The van der Waals surface area contributed by atoms with Gasteiger partial charge in [-0.15, -0.1) is 0 Å². The normalized spacial score (nSPS) is 15.2. The Morgan fingerprint density at radius 3 is 1.88 bits per heavy atom. The number of hydrogen-bond acceptors (Lipinski definition) is 0. The lowest BCUT2D eigenvalue weighted by Crippen LogP contribution is -2.10. The van der Waals surface area contributed by atoms with E-state index in [9.17, 15) is 0 Å². The molecule has 0 saturated carbocycles. The van der Waals surface area contributed by atoms with Crippen molar-refractivity contribution in [2.75, 3.05) is 0 Å². The summed E-state index contributed by atoms with van der Waals surface area (Å²) < 4.78 is 0. The number of rotatable bonds is 11. The van der Waals surface area contributed by atoms with Crippen molar-refractivity contribution in [3.63, 3.8) is 0 Å². The molecule has 0 saturated heterocycles. The lowest BCUT2D eigenvalue weighted by Gasteiger charge is -2.21. The van der Waals surface area contributed by atoms with Crippen LogP contribution in [0.15, 0.2) is 0 Å². The second-order valence-corrected chi connectivity index (χ2v) is 7.04. The summed E-state index contributed by atoms with van der Waals surface area (Å²) in [5.74, 6) is 1.76. The van der Waals surface area contributed by atoms with Crippen molar-refractivity contribution in [1.29, 1.82) is 0 Å². The van der Waals surface area contributed by atoms with Crippen LogP contribution in [0.5, 0.6) is 0 Å². The van der Waals surface area contributed by atoms with Gasteiger partial charge in [-0.3, -0.25) is 0 Å². The fraction of sp³-hybridized carbons (Fsp3) is 0.938. The van der Waals surface area contributed by atoms with Gasteiger partial charge in [0.15, 0.2) is 0 Å². The Morgan fingerprint density at radius 1 is 0.941 bits per heavy atom. The zero-order chi connectivity index (χ0) is 13.1. The molecule has 2 unspecified atom stereocenters. The Hall–Kier alpha value is 0.480. The van der Waals surface area contributed by atoms with Crippen LogP contribution in [0.3, 0.4) is 0 Å². The molecule has 0 aromatic heterocycles. The minimum absolute atomic E-state index is 0.670. The van der Waals surface area contributed by atoms with Gasteiger partial charge in [-0.2, -0.15) is 0 Å². The smallest absolute Gasteiger partial charge is 0.0120 e. The molecule has 17 heavy (non-hydrogen) atoms. The van der Waals surface area contributed by atoms with Gasteiger partial charge in [-0.25, -0.2) is 0 Å². The summed E-state index contributed by atoms with van der Waals surface area (Å²) >= 11 is 3.70. The maximum absolute atomic E-state index is 3.70. The minimum Gasteiger partial charge on any atom is -0.0894 e. The van der Waals surface area contributed by atoms with Crippen LogP contribution in [0.1, 0.15) is 79.1 Å². The van der Waals surface area contributed by atoms with Gasteiger partial charge in [-0.05, 0) is 31.1 Å². The molecule has 0 aliphatic rings. The Morgan fingerprint density at radius 2 is 1.47 bits per heavy atom. The minimum atomic E-state index is 0.670. The zero-order valence-corrected chi connectivity index (χ0v) is 13.9. The van der Waals surface area contributed by atoms with E-state index in [4.69, 9.17) is 0 Å². The van der Waals surface area contributed by atoms with E-state index >= 15 is 0 Å². The van der Waals surface area contributed by atoms with Crippen LogP contribution in [0, 0.1) is 18.3 Å². The molecule has 0 amide bonds. The average Bonchev–Trinajstić information content (AvgIpc) is 2.26. The van der Waals surface area contributed by atoms with Crippen molar-refractivity contribution in [2.45, 2.75) is 83.9 Å². The highest BCUT2D eigenvalue weighted by molar-refractivity contribution is 9.09. The molecule has 0 N–H and O–H groups in total. The third-order valence-electron chi connectivity index (χ3n) is 3.48. The fourth-order valence-corrected chi connectivity index (χ4v) is 3.23. The molecule has 1 heteroatoms. The van der Waals surface area contributed by atoms with Crippen LogP contribution >= 0.6 is 15.9 Å². The molecular weight excluding hydrogens is 272 g/mol. The number of hydrogen-bond donors (Lipinski definition) is 0.